The molecule has 0 aliphatic carbocycles. The summed E-state index contributed by atoms with van der Waals surface area (Å²) < 4.78 is 13.2. The number of halogens is 1. The van der Waals surface area contributed by atoms with Crippen molar-refractivity contribution in [2.24, 2.45) is 0 Å². The predicted molar refractivity (Wildman–Crippen MR) is 71.2 cm³/mol. The summed E-state index contributed by atoms with van der Waals surface area (Å²) in [6, 6.07) is 6.43. The summed E-state index contributed by atoms with van der Waals surface area (Å²) in [5.74, 6) is -0.251. The van der Waals surface area contributed by atoms with E-state index in [9.17, 15) is 9.50 Å². The van der Waals surface area contributed by atoms with Crippen molar-refractivity contribution in [2.45, 2.75) is 24.8 Å². The van der Waals surface area contributed by atoms with Crippen LogP contribution in [-0.4, -0.2) is 42.3 Å². The highest BCUT2D eigenvalue weighted by atomic mass is 19.1. The second-order valence-corrected chi connectivity index (χ2v) is 5.23. The van der Waals surface area contributed by atoms with Crippen LogP contribution in [-0.2, 0) is 0 Å². The van der Waals surface area contributed by atoms with Crippen molar-refractivity contribution in [1.29, 1.82) is 0 Å². The Morgan fingerprint density at radius 1 is 1.39 bits per heavy atom. The first kappa shape index (κ1) is 13.3. The van der Waals surface area contributed by atoms with E-state index in [1.165, 1.54) is 12.1 Å². The largest absolute Gasteiger partial charge is 0.394 e. The molecule has 2 N–H and O–H groups in total. The van der Waals surface area contributed by atoms with Crippen molar-refractivity contribution < 1.29 is 9.50 Å². The van der Waals surface area contributed by atoms with E-state index < -0.39 is 0 Å². The molecule has 0 aromatic heterocycles. The highest BCUT2D eigenvalue weighted by Crippen LogP contribution is 2.26. The van der Waals surface area contributed by atoms with Crippen LogP contribution in [0.2, 0.25) is 0 Å². The maximum atomic E-state index is 13.2. The first-order chi connectivity index (χ1) is 8.63. The second-order valence-electron chi connectivity index (χ2n) is 5.23. The SMILES string of the molecule is CN1CCCC(CO)(Nc2cccc(F)c2)CC1. The van der Waals surface area contributed by atoms with E-state index in [0.717, 1.165) is 38.0 Å². The molecule has 1 aromatic rings. The average molecular weight is 252 g/mol. The molecular formula is C14H21FN2O. The third-order valence-corrected chi connectivity index (χ3v) is 3.70. The number of anilines is 1. The zero-order valence-corrected chi connectivity index (χ0v) is 10.8. The maximum absolute atomic E-state index is 13.2. The predicted octanol–water partition coefficient (Wildman–Crippen LogP) is 2.08. The molecule has 18 heavy (non-hydrogen) atoms. The van der Waals surface area contributed by atoms with Gasteiger partial charge in [-0.1, -0.05) is 6.07 Å². The molecule has 2 rings (SSSR count). The summed E-state index contributed by atoms with van der Waals surface area (Å²) in [4.78, 5) is 2.27. The fourth-order valence-corrected chi connectivity index (χ4v) is 2.52. The summed E-state index contributed by atoms with van der Waals surface area (Å²) in [7, 11) is 2.09. The number of benzene rings is 1. The van der Waals surface area contributed by atoms with E-state index >= 15 is 0 Å². The normalized spacial score (nSPS) is 25.7. The smallest absolute Gasteiger partial charge is 0.125 e. The minimum atomic E-state index is -0.321. The zero-order chi connectivity index (χ0) is 13.0. The molecule has 4 heteroatoms. The first-order valence-corrected chi connectivity index (χ1v) is 6.47. The van der Waals surface area contributed by atoms with Crippen molar-refractivity contribution in [3.05, 3.63) is 30.1 Å². The number of nitrogens with zero attached hydrogens (tertiary/aromatic N) is 1. The van der Waals surface area contributed by atoms with E-state index in [-0.39, 0.29) is 18.0 Å². The number of rotatable bonds is 3. The number of aliphatic hydroxyl groups excluding tert-OH is 1. The van der Waals surface area contributed by atoms with Crippen molar-refractivity contribution >= 4 is 5.69 Å². The van der Waals surface area contributed by atoms with Crippen molar-refractivity contribution in [3.8, 4) is 0 Å². The third-order valence-electron chi connectivity index (χ3n) is 3.70. The molecule has 0 radical (unpaired) electrons. The minimum Gasteiger partial charge on any atom is -0.394 e. The van der Waals surface area contributed by atoms with E-state index in [4.69, 9.17) is 0 Å². The van der Waals surface area contributed by atoms with Crippen molar-refractivity contribution in [1.82, 2.24) is 4.90 Å². The lowest BCUT2D eigenvalue weighted by Crippen LogP contribution is -2.42. The van der Waals surface area contributed by atoms with Gasteiger partial charge in [0.25, 0.3) is 0 Å². The lowest BCUT2D eigenvalue weighted by Gasteiger charge is -2.33. The van der Waals surface area contributed by atoms with Crippen LogP contribution in [0.4, 0.5) is 10.1 Å². The van der Waals surface area contributed by atoms with E-state index in [2.05, 4.69) is 17.3 Å². The number of likely N-dealkylation sites (tertiary alicyclic amines) is 1. The molecule has 1 aliphatic rings. The molecular weight excluding hydrogens is 231 g/mol. The lowest BCUT2D eigenvalue weighted by molar-refractivity contribution is 0.195. The van der Waals surface area contributed by atoms with Gasteiger partial charge in [-0.2, -0.15) is 0 Å². The Bertz CT molecular complexity index is 399. The van der Waals surface area contributed by atoms with E-state index in [1.54, 1.807) is 6.07 Å². The first-order valence-electron chi connectivity index (χ1n) is 6.47. The summed E-state index contributed by atoms with van der Waals surface area (Å²) in [5.41, 5.74) is 0.423. The topological polar surface area (TPSA) is 35.5 Å². The number of hydrogen-bond donors (Lipinski definition) is 2. The van der Waals surface area contributed by atoms with Gasteiger partial charge in [-0.3, -0.25) is 0 Å². The van der Waals surface area contributed by atoms with Gasteiger partial charge in [0.15, 0.2) is 0 Å². The van der Waals surface area contributed by atoms with Gasteiger partial charge < -0.3 is 15.3 Å². The van der Waals surface area contributed by atoms with Gasteiger partial charge in [0.2, 0.25) is 0 Å². The van der Waals surface area contributed by atoms with Gasteiger partial charge in [-0.15, -0.1) is 0 Å². The summed E-state index contributed by atoms with van der Waals surface area (Å²) in [6.45, 7) is 2.08. The van der Waals surface area contributed by atoms with Gasteiger partial charge >= 0.3 is 0 Å². The molecule has 0 saturated carbocycles. The average Bonchev–Trinajstić information content (AvgIpc) is 2.53. The molecule has 1 unspecified atom stereocenters. The van der Waals surface area contributed by atoms with Crippen molar-refractivity contribution in [3.63, 3.8) is 0 Å². The van der Waals surface area contributed by atoms with Gasteiger partial charge in [0, 0.05) is 12.2 Å². The van der Waals surface area contributed by atoms with Crippen LogP contribution < -0.4 is 5.32 Å². The Labute approximate surface area is 108 Å². The molecule has 1 aliphatic heterocycles. The third kappa shape index (κ3) is 3.21. The van der Waals surface area contributed by atoms with Crippen molar-refractivity contribution in [2.75, 3.05) is 32.1 Å². The fraction of sp³-hybridized carbons (Fsp3) is 0.571. The van der Waals surface area contributed by atoms with Crippen LogP contribution in [0.1, 0.15) is 19.3 Å². The summed E-state index contributed by atoms with van der Waals surface area (Å²) in [6.07, 6.45) is 2.82. The molecule has 1 aromatic carbocycles. The van der Waals surface area contributed by atoms with Crippen LogP contribution in [0, 0.1) is 5.82 Å². The Hall–Kier alpha value is -1.13. The Morgan fingerprint density at radius 2 is 2.22 bits per heavy atom. The number of nitrogens with one attached hydrogen (secondary N) is 1. The lowest BCUT2D eigenvalue weighted by atomic mass is 9.91. The number of aliphatic hydroxyl groups is 1. The summed E-state index contributed by atoms with van der Waals surface area (Å²) >= 11 is 0. The highest BCUT2D eigenvalue weighted by Gasteiger charge is 2.31. The summed E-state index contributed by atoms with van der Waals surface area (Å²) in [5, 5.41) is 13.0. The molecule has 1 heterocycles. The van der Waals surface area contributed by atoms with E-state index in [1.807, 2.05) is 6.07 Å². The number of hydrogen-bond acceptors (Lipinski definition) is 3. The van der Waals surface area contributed by atoms with Gasteiger partial charge in [-0.05, 0) is 51.1 Å². The Kier molecular flexibility index (Phi) is 4.19. The molecule has 1 saturated heterocycles. The highest BCUT2D eigenvalue weighted by molar-refractivity contribution is 5.45. The van der Waals surface area contributed by atoms with E-state index in [0.29, 0.717) is 0 Å². The molecule has 1 fully saturated rings. The van der Waals surface area contributed by atoms with Crippen LogP contribution in [0.5, 0.6) is 0 Å². The fourth-order valence-electron chi connectivity index (χ4n) is 2.52. The van der Waals surface area contributed by atoms with Crippen LogP contribution in [0.25, 0.3) is 0 Å². The Balaban J connectivity index is 2.12. The monoisotopic (exact) mass is 252 g/mol. The quantitative estimate of drug-likeness (QED) is 0.864. The molecule has 0 amide bonds. The standard InChI is InChI=1S/C14H21FN2O/c1-17-8-3-6-14(11-18,7-9-17)16-13-5-2-4-12(15)10-13/h2,4-5,10,16,18H,3,6-9,11H2,1H3. The minimum absolute atomic E-state index is 0.0807. The van der Waals surface area contributed by atoms with Gasteiger partial charge in [-0.25, -0.2) is 4.39 Å². The molecule has 0 spiro atoms. The molecule has 100 valence electrons. The van der Waals surface area contributed by atoms with Crippen LogP contribution >= 0.6 is 0 Å². The Morgan fingerprint density at radius 3 is 2.94 bits per heavy atom. The zero-order valence-electron chi connectivity index (χ0n) is 10.8. The second kappa shape index (κ2) is 5.67. The maximum Gasteiger partial charge on any atom is 0.125 e. The molecule has 0 bridgehead atoms. The van der Waals surface area contributed by atoms with Crippen LogP contribution in [0.15, 0.2) is 24.3 Å². The van der Waals surface area contributed by atoms with Gasteiger partial charge in [0.1, 0.15) is 5.82 Å². The molecule has 1 atom stereocenters. The molecule has 3 nitrogen and oxygen atoms in total. The van der Waals surface area contributed by atoms with Gasteiger partial charge in [0.05, 0.1) is 12.1 Å². The van der Waals surface area contributed by atoms with Crippen LogP contribution in [0.3, 0.4) is 0 Å².